The van der Waals surface area contributed by atoms with E-state index in [0.29, 0.717) is 19.0 Å². The number of hydrogen-bond acceptors (Lipinski definition) is 3. The fraction of sp³-hybridized carbons (Fsp3) is 0.562. The second-order valence-electron chi connectivity index (χ2n) is 6.18. The molecule has 2 heterocycles. The predicted octanol–water partition coefficient (Wildman–Crippen LogP) is 2.52. The molecule has 0 bridgehead atoms. The summed E-state index contributed by atoms with van der Waals surface area (Å²) in [7, 11) is 0. The lowest BCUT2D eigenvalue weighted by Crippen LogP contribution is -2.46. The molecule has 2 N–H and O–H groups in total. The van der Waals surface area contributed by atoms with E-state index in [4.69, 9.17) is 0 Å². The first-order chi connectivity index (χ1) is 10.4. The summed E-state index contributed by atoms with van der Waals surface area (Å²) in [6, 6.07) is 6.38. The van der Waals surface area contributed by atoms with Crippen molar-refractivity contribution in [2.24, 2.45) is 0 Å². The summed E-state index contributed by atoms with van der Waals surface area (Å²) in [6.45, 7) is 0.773. The zero-order chi connectivity index (χ0) is 15.7. The fourth-order valence-corrected chi connectivity index (χ4v) is 3.29. The molecule has 0 saturated carbocycles. The molecule has 0 aromatic heterocycles. The van der Waals surface area contributed by atoms with E-state index < -0.39 is 24.9 Å². The summed E-state index contributed by atoms with van der Waals surface area (Å²) >= 11 is 0. The minimum atomic E-state index is -2.77. The second-order valence-corrected chi connectivity index (χ2v) is 6.18. The quantitative estimate of drug-likeness (QED) is 0.865. The van der Waals surface area contributed by atoms with Crippen LogP contribution in [0.25, 0.3) is 0 Å². The van der Waals surface area contributed by atoms with E-state index in [1.165, 1.54) is 0 Å². The maximum Gasteiger partial charge on any atom is 0.262 e. The number of piperidine rings is 1. The third-order valence-electron chi connectivity index (χ3n) is 4.58. The van der Waals surface area contributed by atoms with Crippen LogP contribution in [0.5, 0.6) is 5.75 Å². The van der Waals surface area contributed by atoms with Gasteiger partial charge in [0.25, 0.3) is 5.92 Å². The maximum absolute atomic E-state index is 13.2. The summed E-state index contributed by atoms with van der Waals surface area (Å²) in [5.74, 6) is -2.39. The van der Waals surface area contributed by atoms with Crippen LogP contribution in [0.15, 0.2) is 24.3 Å². The van der Waals surface area contributed by atoms with E-state index in [9.17, 15) is 18.7 Å². The number of aromatic hydroxyl groups is 1. The number of alkyl halides is 2. The molecule has 0 aliphatic carbocycles. The molecule has 2 aliphatic rings. The van der Waals surface area contributed by atoms with Crippen LogP contribution in [0.1, 0.15) is 30.7 Å². The number of carbonyl (C=O) groups is 1. The molecule has 1 unspecified atom stereocenters. The van der Waals surface area contributed by atoms with Crippen LogP contribution in [-0.4, -0.2) is 47.5 Å². The third kappa shape index (κ3) is 4.12. The Hall–Kier alpha value is -1.40. The lowest BCUT2D eigenvalue weighted by Gasteiger charge is -2.33. The van der Waals surface area contributed by atoms with Crippen LogP contribution >= 0.6 is 12.4 Å². The molecule has 2 saturated heterocycles. The van der Waals surface area contributed by atoms with Crippen molar-refractivity contribution in [3.05, 3.63) is 29.8 Å². The van der Waals surface area contributed by atoms with Gasteiger partial charge in [-0.05, 0) is 36.5 Å². The van der Waals surface area contributed by atoms with Crippen LogP contribution in [-0.2, 0) is 4.79 Å². The van der Waals surface area contributed by atoms with E-state index in [0.717, 1.165) is 18.4 Å². The Balaban J connectivity index is 0.00000192. The van der Waals surface area contributed by atoms with Crippen LogP contribution in [0.2, 0.25) is 0 Å². The highest BCUT2D eigenvalue weighted by Gasteiger charge is 2.43. The topological polar surface area (TPSA) is 52.6 Å². The van der Waals surface area contributed by atoms with Gasteiger partial charge in [0.2, 0.25) is 5.91 Å². The van der Waals surface area contributed by atoms with Gasteiger partial charge < -0.3 is 10.0 Å². The Bertz CT molecular complexity index is 546. The molecular weight excluding hydrogens is 326 g/mol. The summed E-state index contributed by atoms with van der Waals surface area (Å²) < 4.78 is 26.4. The SMILES string of the molecule is Cl.O=C(C1CC(F)(F)CN1)N1CCC(c2ccc(O)cc2)CC1. The maximum atomic E-state index is 13.2. The normalized spacial score (nSPS) is 24.3. The number of carbonyl (C=O) groups excluding carboxylic acids is 1. The smallest absolute Gasteiger partial charge is 0.262 e. The van der Waals surface area contributed by atoms with E-state index in [-0.39, 0.29) is 24.1 Å². The molecule has 23 heavy (non-hydrogen) atoms. The monoisotopic (exact) mass is 346 g/mol. The van der Waals surface area contributed by atoms with Crippen LogP contribution < -0.4 is 5.32 Å². The van der Waals surface area contributed by atoms with Gasteiger partial charge in [0.1, 0.15) is 5.75 Å². The number of amides is 1. The van der Waals surface area contributed by atoms with E-state index in [2.05, 4.69) is 5.32 Å². The summed E-state index contributed by atoms with van der Waals surface area (Å²) in [5.41, 5.74) is 1.15. The van der Waals surface area contributed by atoms with Crippen molar-refractivity contribution in [1.29, 1.82) is 0 Å². The lowest BCUT2D eigenvalue weighted by molar-refractivity contribution is -0.134. The van der Waals surface area contributed by atoms with Gasteiger partial charge in [0, 0.05) is 19.5 Å². The number of nitrogens with zero attached hydrogens (tertiary/aromatic N) is 1. The molecule has 1 aromatic carbocycles. The number of likely N-dealkylation sites (tertiary alicyclic amines) is 1. The van der Waals surface area contributed by atoms with Crippen LogP contribution in [0, 0.1) is 0 Å². The molecule has 4 nitrogen and oxygen atoms in total. The predicted molar refractivity (Wildman–Crippen MR) is 85.3 cm³/mol. The van der Waals surface area contributed by atoms with Gasteiger partial charge in [0.15, 0.2) is 0 Å². The number of phenolic OH excluding ortho intramolecular Hbond substituents is 1. The fourth-order valence-electron chi connectivity index (χ4n) is 3.29. The molecule has 1 aromatic rings. The Morgan fingerprint density at radius 3 is 2.35 bits per heavy atom. The standard InChI is InChI=1S/C16H20F2N2O2.ClH/c17-16(18)9-14(19-10-16)15(22)20-7-5-12(6-8-20)11-1-3-13(21)4-2-11;/h1-4,12,14,19,21H,5-10H2;1H. The molecule has 128 valence electrons. The highest BCUT2D eigenvalue weighted by Crippen LogP contribution is 2.31. The molecule has 0 radical (unpaired) electrons. The molecule has 1 amide bonds. The Morgan fingerprint density at radius 2 is 1.83 bits per heavy atom. The van der Waals surface area contributed by atoms with E-state index in [1.54, 1.807) is 17.0 Å². The zero-order valence-corrected chi connectivity index (χ0v) is 13.5. The average molecular weight is 347 g/mol. The van der Waals surface area contributed by atoms with Crippen molar-refractivity contribution in [1.82, 2.24) is 10.2 Å². The van der Waals surface area contributed by atoms with Gasteiger partial charge in [-0.2, -0.15) is 0 Å². The van der Waals surface area contributed by atoms with Crippen LogP contribution in [0.4, 0.5) is 8.78 Å². The molecule has 1 atom stereocenters. The van der Waals surface area contributed by atoms with Gasteiger partial charge in [-0.1, -0.05) is 12.1 Å². The lowest BCUT2D eigenvalue weighted by atomic mass is 9.89. The minimum absolute atomic E-state index is 0. The number of phenols is 1. The van der Waals surface area contributed by atoms with Crippen molar-refractivity contribution in [3.8, 4) is 5.75 Å². The number of hydrogen-bond donors (Lipinski definition) is 2. The van der Waals surface area contributed by atoms with Gasteiger partial charge in [-0.3, -0.25) is 10.1 Å². The van der Waals surface area contributed by atoms with Crippen molar-refractivity contribution in [2.45, 2.75) is 37.1 Å². The molecule has 0 spiro atoms. The van der Waals surface area contributed by atoms with Crippen LogP contribution in [0.3, 0.4) is 0 Å². The highest BCUT2D eigenvalue weighted by molar-refractivity contribution is 5.85. The largest absolute Gasteiger partial charge is 0.508 e. The number of rotatable bonds is 2. The summed E-state index contributed by atoms with van der Waals surface area (Å²) in [6.07, 6.45) is 1.24. The molecular formula is C16H21ClF2N2O2. The van der Waals surface area contributed by atoms with Crippen molar-refractivity contribution in [2.75, 3.05) is 19.6 Å². The average Bonchev–Trinajstić information content (AvgIpc) is 2.88. The molecule has 2 aliphatic heterocycles. The van der Waals surface area contributed by atoms with Crippen molar-refractivity contribution in [3.63, 3.8) is 0 Å². The van der Waals surface area contributed by atoms with Crippen molar-refractivity contribution >= 4 is 18.3 Å². The van der Waals surface area contributed by atoms with Gasteiger partial charge in [-0.15, -0.1) is 12.4 Å². The molecule has 2 fully saturated rings. The van der Waals surface area contributed by atoms with E-state index >= 15 is 0 Å². The van der Waals surface area contributed by atoms with Crippen molar-refractivity contribution < 1.29 is 18.7 Å². The highest BCUT2D eigenvalue weighted by atomic mass is 35.5. The van der Waals surface area contributed by atoms with Gasteiger partial charge in [0.05, 0.1) is 12.6 Å². The molecule has 7 heteroatoms. The number of halogens is 3. The second kappa shape index (κ2) is 7.01. The summed E-state index contributed by atoms with van der Waals surface area (Å²) in [4.78, 5) is 14.0. The Morgan fingerprint density at radius 1 is 1.22 bits per heavy atom. The number of benzene rings is 1. The summed E-state index contributed by atoms with van der Waals surface area (Å²) in [5, 5.41) is 11.9. The first kappa shape index (κ1) is 17.9. The van der Waals surface area contributed by atoms with Gasteiger partial charge >= 0.3 is 0 Å². The number of nitrogens with one attached hydrogen (secondary N) is 1. The third-order valence-corrected chi connectivity index (χ3v) is 4.58. The first-order valence-corrected chi connectivity index (χ1v) is 7.63. The zero-order valence-electron chi connectivity index (χ0n) is 12.7. The minimum Gasteiger partial charge on any atom is -0.508 e. The van der Waals surface area contributed by atoms with E-state index in [1.807, 2.05) is 12.1 Å². The first-order valence-electron chi connectivity index (χ1n) is 7.63. The Kier molecular flexibility index (Phi) is 5.47. The Labute approximate surface area is 140 Å². The van der Waals surface area contributed by atoms with Gasteiger partial charge in [-0.25, -0.2) is 8.78 Å². The molecule has 3 rings (SSSR count).